The molecule has 2 rings (SSSR count). The van der Waals surface area contributed by atoms with E-state index in [2.05, 4.69) is 5.32 Å². The van der Waals surface area contributed by atoms with Crippen molar-refractivity contribution in [2.75, 3.05) is 5.32 Å². The maximum atomic E-state index is 13.5. The fourth-order valence-corrected chi connectivity index (χ4v) is 2.81. The van der Waals surface area contributed by atoms with Gasteiger partial charge in [0.15, 0.2) is 0 Å². The number of rotatable bonds is 3. The molecule has 0 aromatic heterocycles. The van der Waals surface area contributed by atoms with Crippen LogP contribution in [-0.4, -0.2) is 0 Å². The largest absolute Gasteiger partial charge is 0.376 e. The smallest absolute Gasteiger partial charge is 0.142 e. The summed E-state index contributed by atoms with van der Waals surface area (Å²) in [5.74, 6) is -0.467. The van der Waals surface area contributed by atoms with Crippen molar-refractivity contribution in [1.82, 2.24) is 0 Å². The Morgan fingerprint density at radius 2 is 1.55 bits per heavy atom. The normalized spacial score (nSPS) is 12.3. The predicted octanol–water partition coefficient (Wildman–Crippen LogP) is 6.61. The Bertz CT molecular complexity index is 622. The summed E-state index contributed by atoms with van der Waals surface area (Å²) in [5.41, 5.74) is 1.29. The van der Waals surface area contributed by atoms with Gasteiger partial charge in [0.05, 0.1) is 20.8 Å². The van der Waals surface area contributed by atoms with Gasteiger partial charge >= 0.3 is 0 Å². The van der Waals surface area contributed by atoms with E-state index in [9.17, 15) is 4.39 Å². The van der Waals surface area contributed by atoms with E-state index >= 15 is 0 Å². The zero-order valence-electron chi connectivity index (χ0n) is 10.4. The molecule has 0 aliphatic heterocycles. The number of anilines is 1. The van der Waals surface area contributed by atoms with Crippen LogP contribution in [0.4, 0.5) is 10.1 Å². The van der Waals surface area contributed by atoms with E-state index in [1.54, 1.807) is 18.2 Å². The lowest BCUT2D eigenvalue weighted by Crippen LogP contribution is -2.08. The van der Waals surface area contributed by atoms with Crippen molar-refractivity contribution in [3.8, 4) is 0 Å². The molecule has 0 spiro atoms. The molecule has 2 aromatic rings. The van der Waals surface area contributed by atoms with Gasteiger partial charge in [-0.3, -0.25) is 0 Å². The summed E-state index contributed by atoms with van der Waals surface area (Å²) in [6.45, 7) is 1.87. The van der Waals surface area contributed by atoms with Crippen LogP contribution >= 0.6 is 46.4 Å². The van der Waals surface area contributed by atoms with Crippen molar-refractivity contribution < 1.29 is 4.39 Å². The highest BCUT2D eigenvalue weighted by atomic mass is 35.5. The molecule has 1 N–H and O–H groups in total. The number of hydrogen-bond donors (Lipinski definition) is 1. The van der Waals surface area contributed by atoms with Crippen LogP contribution in [0.15, 0.2) is 30.3 Å². The number of benzene rings is 2. The monoisotopic (exact) mass is 351 g/mol. The highest BCUT2D eigenvalue weighted by molar-refractivity contribution is 6.41. The molecular weight excluding hydrogens is 343 g/mol. The Morgan fingerprint density at radius 3 is 2.10 bits per heavy atom. The van der Waals surface area contributed by atoms with Gasteiger partial charge in [-0.2, -0.15) is 0 Å². The van der Waals surface area contributed by atoms with Crippen molar-refractivity contribution in [2.45, 2.75) is 13.0 Å². The minimum absolute atomic E-state index is 0.0866. The van der Waals surface area contributed by atoms with E-state index in [0.29, 0.717) is 20.8 Å². The lowest BCUT2D eigenvalue weighted by molar-refractivity contribution is 0.624. The van der Waals surface area contributed by atoms with Crippen LogP contribution in [0.3, 0.4) is 0 Å². The van der Waals surface area contributed by atoms with Crippen LogP contribution in [0.2, 0.25) is 20.1 Å². The fourth-order valence-electron chi connectivity index (χ4n) is 1.76. The first kappa shape index (κ1) is 15.7. The molecule has 0 fully saturated rings. The average molecular weight is 353 g/mol. The highest BCUT2D eigenvalue weighted by Crippen LogP contribution is 2.36. The van der Waals surface area contributed by atoms with Crippen LogP contribution < -0.4 is 5.32 Å². The summed E-state index contributed by atoms with van der Waals surface area (Å²) in [4.78, 5) is 0. The van der Waals surface area contributed by atoms with Crippen molar-refractivity contribution in [1.29, 1.82) is 0 Å². The van der Waals surface area contributed by atoms with E-state index in [1.807, 2.05) is 6.92 Å². The van der Waals surface area contributed by atoms with Gasteiger partial charge in [-0.1, -0.05) is 52.5 Å². The van der Waals surface area contributed by atoms with E-state index in [-0.39, 0.29) is 11.1 Å². The Morgan fingerprint density at radius 1 is 0.950 bits per heavy atom. The van der Waals surface area contributed by atoms with Gasteiger partial charge in [-0.25, -0.2) is 4.39 Å². The molecule has 1 unspecified atom stereocenters. The summed E-state index contributed by atoms with van der Waals surface area (Å²) in [6, 6.07) is 7.60. The van der Waals surface area contributed by atoms with E-state index in [4.69, 9.17) is 46.4 Å². The Kier molecular flexibility index (Phi) is 5.03. The minimum atomic E-state index is -0.467. The average Bonchev–Trinajstić information content (AvgIpc) is 2.36. The van der Waals surface area contributed by atoms with Crippen molar-refractivity contribution in [2.24, 2.45) is 0 Å². The molecule has 6 heteroatoms. The van der Waals surface area contributed by atoms with Gasteiger partial charge in [-0.05, 0) is 36.8 Å². The third kappa shape index (κ3) is 3.50. The molecule has 0 saturated carbocycles. The van der Waals surface area contributed by atoms with E-state index < -0.39 is 5.82 Å². The summed E-state index contributed by atoms with van der Waals surface area (Å²) in [5, 5.41) is 4.49. The van der Waals surface area contributed by atoms with Crippen LogP contribution in [-0.2, 0) is 0 Å². The van der Waals surface area contributed by atoms with Gasteiger partial charge in [0.25, 0.3) is 0 Å². The third-order valence-electron chi connectivity index (χ3n) is 2.81. The first-order valence-electron chi connectivity index (χ1n) is 5.74. The Hall–Kier alpha value is -0.670. The first-order valence-corrected chi connectivity index (χ1v) is 7.25. The quantitative estimate of drug-likeness (QED) is 0.655. The third-order valence-corrected chi connectivity index (χ3v) is 3.93. The van der Waals surface area contributed by atoms with Crippen molar-refractivity contribution >= 4 is 52.1 Å². The molecule has 0 radical (unpaired) electrons. The second-order valence-electron chi connectivity index (χ2n) is 4.28. The maximum absolute atomic E-state index is 13.5. The molecular formula is C14H10Cl4FN. The second-order valence-corrected chi connectivity index (χ2v) is 5.94. The second kappa shape index (κ2) is 6.40. The van der Waals surface area contributed by atoms with E-state index in [0.717, 1.165) is 5.56 Å². The molecule has 2 aromatic carbocycles. The van der Waals surface area contributed by atoms with Gasteiger partial charge in [0, 0.05) is 11.1 Å². The van der Waals surface area contributed by atoms with Gasteiger partial charge in [0.1, 0.15) is 5.82 Å². The molecule has 0 saturated heterocycles. The van der Waals surface area contributed by atoms with E-state index in [1.165, 1.54) is 12.1 Å². The number of hydrogen-bond acceptors (Lipinski definition) is 1. The summed E-state index contributed by atoms with van der Waals surface area (Å²) >= 11 is 23.7. The van der Waals surface area contributed by atoms with Gasteiger partial charge < -0.3 is 5.32 Å². The Balaban J connectivity index is 2.27. The summed E-state index contributed by atoms with van der Waals surface area (Å²) in [6.07, 6.45) is 0. The predicted molar refractivity (Wildman–Crippen MR) is 84.9 cm³/mol. The molecule has 0 heterocycles. The highest BCUT2D eigenvalue weighted by Gasteiger charge is 2.13. The molecule has 1 nitrogen and oxygen atoms in total. The molecule has 1 atom stereocenters. The topological polar surface area (TPSA) is 12.0 Å². The first-order chi connectivity index (χ1) is 9.38. The molecule has 0 amide bonds. The molecule has 106 valence electrons. The van der Waals surface area contributed by atoms with Crippen LogP contribution in [0.1, 0.15) is 18.5 Å². The van der Waals surface area contributed by atoms with Crippen LogP contribution in [0.5, 0.6) is 0 Å². The summed E-state index contributed by atoms with van der Waals surface area (Å²) in [7, 11) is 0. The number of nitrogens with one attached hydrogen (secondary N) is 1. The van der Waals surface area contributed by atoms with Crippen LogP contribution in [0, 0.1) is 5.82 Å². The Labute approximate surface area is 136 Å². The maximum Gasteiger partial charge on any atom is 0.142 e. The fraction of sp³-hybridized carbons (Fsp3) is 0.143. The zero-order valence-corrected chi connectivity index (χ0v) is 13.4. The zero-order chi connectivity index (χ0) is 14.9. The molecule has 0 aliphatic rings. The molecule has 0 aliphatic carbocycles. The SMILES string of the molecule is CC(Nc1c(Cl)cc(Cl)cc1Cl)c1ccc(Cl)c(F)c1. The summed E-state index contributed by atoms with van der Waals surface area (Å²) < 4.78 is 13.5. The number of halogens is 5. The van der Waals surface area contributed by atoms with Gasteiger partial charge in [0.2, 0.25) is 0 Å². The lowest BCUT2D eigenvalue weighted by atomic mass is 10.1. The molecule has 20 heavy (non-hydrogen) atoms. The van der Waals surface area contributed by atoms with Crippen molar-refractivity contribution in [3.63, 3.8) is 0 Å². The lowest BCUT2D eigenvalue weighted by Gasteiger charge is -2.18. The van der Waals surface area contributed by atoms with Crippen LogP contribution in [0.25, 0.3) is 0 Å². The molecule has 0 bridgehead atoms. The minimum Gasteiger partial charge on any atom is -0.376 e. The standard InChI is InChI=1S/C14H10Cl4FN/c1-7(8-2-3-10(16)13(19)4-8)20-14-11(17)5-9(15)6-12(14)18/h2-7,20H,1H3. The van der Waals surface area contributed by atoms with Gasteiger partial charge in [-0.15, -0.1) is 0 Å². The van der Waals surface area contributed by atoms with Crippen molar-refractivity contribution in [3.05, 3.63) is 61.8 Å².